The molecule has 1 fully saturated rings. The highest BCUT2D eigenvalue weighted by molar-refractivity contribution is 5.93. The Balaban J connectivity index is 1.82. The number of anilines is 2. The molecule has 0 unspecified atom stereocenters. The molecule has 4 heteroatoms. The number of nitrogens with one attached hydrogen (secondary N) is 1. The Bertz CT molecular complexity index is 490. The van der Waals surface area contributed by atoms with Crippen molar-refractivity contribution in [2.45, 2.75) is 45.4 Å². The van der Waals surface area contributed by atoms with Gasteiger partial charge in [-0.1, -0.05) is 25.7 Å². The first-order valence-corrected chi connectivity index (χ1v) is 7.70. The van der Waals surface area contributed by atoms with Crippen LogP contribution in [-0.2, 0) is 9.59 Å². The average Bonchev–Trinajstić information content (AvgIpc) is 2.98. The zero-order valence-electron chi connectivity index (χ0n) is 12.9. The van der Waals surface area contributed by atoms with Gasteiger partial charge < -0.3 is 10.2 Å². The highest BCUT2D eigenvalue weighted by Crippen LogP contribution is 2.28. The molecule has 2 rings (SSSR count). The Kier molecular flexibility index (Phi) is 5.37. The van der Waals surface area contributed by atoms with Crippen molar-refractivity contribution in [2.75, 3.05) is 17.3 Å². The Labute approximate surface area is 126 Å². The summed E-state index contributed by atoms with van der Waals surface area (Å²) in [6, 6.07) is 7.35. The molecule has 21 heavy (non-hydrogen) atoms. The number of amides is 2. The number of rotatable bonds is 5. The lowest BCUT2D eigenvalue weighted by Crippen LogP contribution is -2.22. The van der Waals surface area contributed by atoms with Crippen molar-refractivity contribution in [3.05, 3.63) is 24.3 Å². The second-order valence-electron chi connectivity index (χ2n) is 5.86. The quantitative estimate of drug-likeness (QED) is 0.900. The smallest absolute Gasteiger partial charge is 0.224 e. The van der Waals surface area contributed by atoms with E-state index in [0.717, 1.165) is 23.7 Å². The van der Waals surface area contributed by atoms with E-state index in [1.54, 1.807) is 11.9 Å². The fourth-order valence-corrected chi connectivity index (χ4v) is 2.81. The minimum Gasteiger partial charge on any atom is -0.326 e. The zero-order chi connectivity index (χ0) is 15.2. The van der Waals surface area contributed by atoms with Gasteiger partial charge in [-0.05, 0) is 36.6 Å². The molecule has 0 radical (unpaired) electrons. The number of carbonyl (C=O) groups excluding carboxylic acids is 2. The molecule has 4 nitrogen and oxygen atoms in total. The van der Waals surface area contributed by atoms with E-state index in [2.05, 4.69) is 5.32 Å². The van der Waals surface area contributed by atoms with Gasteiger partial charge in [0.2, 0.25) is 11.8 Å². The summed E-state index contributed by atoms with van der Waals surface area (Å²) in [6.45, 7) is 1.53. The molecule has 1 saturated carbocycles. The largest absolute Gasteiger partial charge is 0.326 e. The van der Waals surface area contributed by atoms with Crippen LogP contribution in [-0.4, -0.2) is 18.9 Å². The molecule has 114 valence electrons. The van der Waals surface area contributed by atoms with Crippen LogP contribution in [0.2, 0.25) is 0 Å². The summed E-state index contributed by atoms with van der Waals surface area (Å²) in [7, 11) is 1.73. The second kappa shape index (κ2) is 7.25. The molecule has 1 aromatic rings. The first-order valence-electron chi connectivity index (χ1n) is 7.70. The van der Waals surface area contributed by atoms with Gasteiger partial charge >= 0.3 is 0 Å². The Hall–Kier alpha value is -1.84. The minimum absolute atomic E-state index is 0.0108. The molecule has 0 aromatic heterocycles. The van der Waals surface area contributed by atoms with E-state index in [9.17, 15) is 9.59 Å². The maximum atomic E-state index is 11.9. The topological polar surface area (TPSA) is 49.4 Å². The van der Waals surface area contributed by atoms with Gasteiger partial charge in [0, 0.05) is 31.8 Å². The fourth-order valence-electron chi connectivity index (χ4n) is 2.81. The Morgan fingerprint density at radius 1 is 1.19 bits per heavy atom. The molecule has 0 spiro atoms. The van der Waals surface area contributed by atoms with Gasteiger partial charge in [0.1, 0.15) is 0 Å². The van der Waals surface area contributed by atoms with Crippen LogP contribution in [0.4, 0.5) is 11.4 Å². The normalized spacial score (nSPS) is 15.0. The molecular formula is C17H24N2O2. The molecule has 1 N–H and O–H groups in total. The number of nitrogens with zero attached hydrogens (tertiary/aromatic N) is 1. The van der Waals surface area contributed by atoms with Crippen LogP contribution in [0.15, 0.2) is 24.3 Å². The summed E-state index contributed by atoms with van der Waals surface area (Å²) in [5, 5.41) is 2.92. The fraction of sp³-hybridized carbons (Fsp3) is 0.529. The lowest BCUT2D eigenvalue weighted by molar-refractivity contribution is -0.117. The third-order valence-corrected chi connectivity index (χ3v) is 4.27. The van der Waals surface area contributed by atoms with Crippen molar-refractivity contribution in [3.8, 4) is 0 Å². The van der Waals surface area contributed by atoms with Crippen LogP contribution in [0.25, 0.3) is 0 Å². The highest BCUT2D eigenvalue weighted by atomic mass is 16.2. The van der Waals surface area contributed by atoms with Gasteiger partial charge in [-0.15, -0.1) is 0 Å². The van der Waals surface area contributed by atoms with Crippen molar-refractivity contribution in [3.63, 3.8) is 0 Å². The molecule has 0 heterocycles. The maximum absolute atomic E-state index is 11.9. The van der Waals surface area contributed by atoms with E-state index in [1.165, 1.54) is 32.6 Å². The average molecular weight is 288 g/mol. The van der Waals surface area contributed by atoms with Gasteiger partial charge in [0.15, 0.2) is 0 Å². The predicted molar refractivity (Wildman–Crippen MR) is 85.3 cm³/mol. The molecular weight excluding hydrogens is 264 g/mol. The molecule has 1 aromatic carbocycles. The third-order valence-electron chi connectivity index (χ3n) is 4.27. The van der Waals surface area contributed by atoms with Crippen molar-refractivity contribution in [2.24, 2.45) is 5.92 Å². The van der Waals surface area contributed by atoms with Gasteiger partial charge in [0.05, 0.1) is 0 Å². The van der Waals surface area contributed by atoms with Gasteiger partial charge in [-0.3, -0.25) is 9.59 Å². The summed E-state index contributed by atoms with van der Waals surface area (Å²) in [5.74, 6) is 0.806. The van der Waals surface area contributed by atoms with Gasteiger partial charge in [-0.25, -0.2) is 0 Å². The van der Waals surface area contributed by atoms with Crippen molar-refractivity contribution in [1.82, 2.24) is 0 Å². The molecule has 0 atom stereocenters. The van der Waals surface area contributed by atoms with Crippen LogP contribution < -0.4 is 10.2 Å². The number of hydrogen-bond donors (Lipinski definition) is 1. The Morgan fingerprint density at radius 3 is 2.38 bits per heavy atom. The zero-order valence-corrected chi connectivity index (χ0v) is 12.9. The van der Waals surface area contributed by atoms with Crippen LogP contribution in [0, 0.1) is 5.92 Å². The van der Waals surface area contributed by atoms with E-state index in [4.69, 9.17) is 0 Å². The van der Waals surface area contributed by atoms with Crippen LogP contribution in [0.1, 0.15) is 45.4 Å². The van der Waals surface area contributed by atoms with Gasteiger partial charge in [-0.2, -0.15) is 0 Å². The summed E-state index contributed by atoms with van der Waals surface area (Å²) in [5.41, 5.74) is 1.61. The first kappa shape index (κ1) is 15.5. The van der Waals surface area contributed by atoms with E-state index in [1.807, 2.05) is 24.3 Å². The second-order valence-corrected chi connectivity index (χ2v) is 5.86. The summed E-state index contributed by atoms with van der Waals surface area (Å²) in [4.78, 5) is 24.8. The van der Waals surface area contributed by atoms with Crippen LogP contribution >= 0.6 is 0 Å². The summed E-state index contributed by atoms with van der Waals surface area (Å²) < 4.78 is 0. The van der Waals surface area contributed by atoms with Crippen molar-refractivity contribution < 1.29 is 9.59 Å². The van der Waals surface area contributed by atoms with Crippen molar-refractivity contribution in [1.29, 1.82) is 0 Å². The monoisotopic (exact) mass is 288 g/mol. The first-order chi connectivity index (χ1) is 10.1. The van der Waals surface area contributed by atoms with Gasteiger partial charge in [0.25, 0.3) is 0 Å². The molecule has 2 amide bonds. The lowest BCUT2D eigenvalue weighted by Gasteiger charge is -2.15. The minimum atomic E-state index is -0.0108. The summed E-state index contributed by atoms with van der Waals surface area (Å²) in [6.07, 6.45) is 6.78. The Morgan fingerprint density at radius 2 is 1.81 bits per heavy atom. The lowest BCUT2D eigenvalue weighted by atomic mass is 10.0. The number of carbonyl (C=O) groups is 2. The molecule has 0 aliphatic heterocycles. The van der Waals surface area contributed by atoms with Crippen LogP contribution in [0.3, 0.4) is 0 Å². The predicted octanol–water partition coefficient (Wildman–Crippen LogP) is 3.58. The third kappa shape index (κ3) is 4.59. The maximum Gasteiger partial charge on any atom is 0.224 e. The molecule has 0 bridgehead atoms. The molecule has 0 saturated heterocycles. The number of benzene rings is 1. The SMILES string of the molecule is CC(=O)N(C)c1ccc(NC(=O)CCC2CCCC2)cc1. The van der Waals surface area contributed by atoms with E-state index >= 15 is 0 Å². The van der Waals surface area contributed by atoms with Crippen LogP contribution in [0.5, 0.6) is 0 Å². The van der Waals surface area contributed by atoms with E-state index < -0.39 is 0 Å². The van der Waals surface area contributed by atoms with E-state index in [0.29, 0.717) is 6.42 Å². The van der Waals surface area contributed by atoms with Crippen molar-refractivity contribution >= 4 is 23.2 Å². The summed E-state index contributed by atoms with van der Waals surface area (Å²) >= 11 is 0. The molecule has 1 aliphatic carbocycles. The number of hydrogen-bond acceptors (Lipinski definition) is 2. The standard InChI is InChI=1S/C17H24N2O2/c1-13(20)19(2)16-10-8-15(9-11-16)18-17(21)12-7-14-5-3-4-6-14/h8-11,14H,3-7,12H2,1-2H3,(H,18,21). The van der Waals surface area contributed by atoms with E-state index in [-0.39, 0.29) is 11.8 Å². The molecule has 1 aliphatic rings. The highest BCUT2D eigenvalue weighted by Gasteiger charge is 2.16.